The molecule has 3 nitrogen and oxygen atoms in total. The molecule has 0 saturated heterocycles. The van der Waals surface area contributed by atoms with Gasteiger partial charge in [0.1, 0.15) is 0 Å². The number of likely N-dealkylation sites (N-methyl/N-ethyl adjacent to an activating group) is 1. The fourth-order valence-corrected chi connectivity index (χ4v) is 1.87. The standard InChI is InChI=1S/C11H12Cl2N2OS/c1-6(10(14)17)15(2)11(16)8-4-3-7(12)5-9(8)13/h3-6H,1-2H3,(H2,14,17). The largest absolute Gasteiger partial charge is 0.392 e. The van der Waals surface area contributed by atoms with Crippen LogP contribution in [0.15, 0.2) is 18.2 Å². The van der Waals surface area contributed by atoms with Crippen LogP contribution >= 0.6 is 35.4 Å². The monoisotopic (exact) mass is 290 g/mol. The fraction of sp³-hybridized carbons (Fsp3) is 0.273. The van der Waals surface area contributed by atoms with Gasteiger partial charge in [-0.1, -0.05) is 35.4 Å². The summed E-state index contributed by atoms with van der Waals surface area (Å²) in [4.78, 5) is 13.8. The van der Waals surface area contributed by atoms with E-state index in [-0.39, 0.29) is 16.9 Å². The lowest BCUT2D eigenvalue weighted by molar-refractivity contribution is 0.0779. The summed E-state index contributed by atoms with van der Waals surface area (Å²) in [6.45, 7) is 1.75. The zero-order valence-corrected chi connectivity index (χ0v) is 11.7. The Labute approximate surface area is 115 Å². The third-order valence-corrected chi connectivity index (χ3v) is 3.36. The molecule has 0 fully saturated rings. The smallest absolute Gasteiger partial charge is 0.255 e. The lowest BCUT2D eigenvalue weighted by Gasteiger charge is -2.24. The molecule has 0 aliphatic rings. The third kappa shape index (κ3) is 3.31. The van der Waals surface area contributed by atoms with Crippen LogP contribution in [0.1, 0.15) is 17.3 Å². The highest BCUT2D eigenvalue weighted by molar-refractivity contribution is 7.80. The van der Waals surface area contributed by atoms with E-state index >= 15 is 0 Å². The van der Waals surface area contributed by atoms with E-state index in [4.69, 9.17) is 41.2 Å². The van der Waals surface area contributed by atoms with E-state index in [9.17, 15) is 4.79 Å². The molecule has 0 heterocycles. The summed E-state index contributed by atoms with van der Waals surface area (Å²) >= 11 is 16.6. The highest BCUT2D eigenvalue weighted by Crippen LogP contribution is 2.22. The maximum atomic E-state index is 12.1. The van der Waals surface area contributed by atoms with Crippen LogP contribution in [0.3, 0.4) is 0 Å². The van der Waals surface area contributed by atoms with Crippen molar-refractivity contribution in [2.24, 2.45) is 5.73 Å². The van der Waals surface area contributed by atoms with Crippen molar-refractivity contribution >= 4 is 46.3 Å². The van der Waals surface area contributed by atoms with Gasteiger partial charge in [-0.3, -0.25) is 4.79 Å². The van der Waals surface area contributed by atoms with Crippen molar-refractivity contribution in [3.05, 3.63) is 33.8 Å². The first-order valence-corrected chi connectivity index (χ1v) is 6.02. The van der Waals surface area contributed by atoms with Gasteiger partial charge >= 0.3 is 0 Å². The van der Waals surface area contributed by atoms with Gasteiger partial charge < -0.3 is 10.6 Å². The summed E-state index contributed by atoms with van der Waals surface area (Å²) < 4.78 is 0. The SMILES string of the molecule is CC(C(N)=S)N(C)C(=O)c1ccc(Cl)cc1Cl. The van der Waals surface area contributed by atoms with Gasteiger partial charge in [0.15, 0.2) is 0 Å². The minimum Gasteiger partial charge on any atom is -0.392 e. The van der Waals surface area contributed by atoms with Crippen LogP contribution in [0.25, 0.3) is 0 Å². The number of benzene rings is 1. The summed E-state index contributed by atoms with van der Waals surface area (Å²) in [5.74, 6) is -0.244. The molecule has 0 aliphatic heterocycles. The molecule has 1 unspecified atom stereocenters. The zero-order valence-electron chi connectivity index (χ0n) is 9.41. The number of hydrogen-bond donors (Lipinski definition) is 1. The molecule has 1 rings (SSSR count). The van der Waals surface area contributed by atoms with Crippen LogP contribution in [0, 0.1) is 0 Å². The normalized spacial score (nSPS) is 12.0. The minimum absolute atomic E-state index is 0.244. The van der Waals surface area contributed by atoms with Crippen LogP contribution in [-0.4, -0.2) is 28.9 Å². The molecular weight excluding hydrogens is 279 g/mol. The van der Waals surface area contributed by atoms with Crippen LogP contribution in [0.5, 0.6) is 0 Å². The molecule has 0 bridgehead atoms. The number of nitrogens with zero attached hydrogens (tertiary/aromatic N) is 1. The first-order valence-electron chi connectivity index (χ1n) is 4.86. The number of halogens is 2. The van der Waals surface area contributed by atoms with Crippen molar-refractivity contribution < 1.29 is 4.79 Å². The summed E-state index contributed by atoms with van der Waals surface area (Å²) in [6, 6.07) is 4.38. The maximum Gasteiger partial charge on any atom is 0.255 e. The van der Waals surface area contributed by atoms with Crippen LogP contribution < -0.4 is 5.73 Å². The first kappa shape index (κ1) is 14.2. The molecular formula is C11H12Cl2N2OS. The highest BCUT2D eigenvalue weighted by Gasteiger charge is 2.21. The molecule has 92 valence electrons. The number of rotatable bonds is 3. The summed E-state index contributed by atoms with van der Waals surface area (Å²) in [6.07, 6.45) is 0. The zero-order chi connectivity index (χ0) is 13.2. The lowest BCUT2D eigenvalue weighted by Crippen LogP contribution is -2.42. The van der Waals surface area contributed by atoms with Gasteiger partial charge in [-0.05, 0) is 25.1 Å². The number of nitrogens with two attached hydrogens (primary N) is 1. The average molecular weight is 291 g/mol. The van der Waals surface area contributed by atoms with Crippen molar-refractivity contribution in [3.63, 3.8) is 0 Å². The van der Waals surface area contributed by atoms with E-state index in [0.29, 0.717) is 15.6 Å². The lowest BCUT2D eigenvalue weighted by atomic mass is 10.1. The number of hydrogen-bond acceptors (Lipinski definition) is 2. The number of amides is 1. The minimum atomic E-state index is -0.329. The Morgan fingerprint density at radius 1 is 1.47 bits per heavy atom. The molecule has 0 aromatic heterocycles. The van der Waals surface area contributed by atoms with E-state index in [2.05, 4.69) is 0 Å². The Bertz CT molecular complexity index is 465. The molecule has 0 radical (unpaired) electrons. The first-order chi connectivity index (χ1) is 7.84. The Morgan fingerprint density at radius 2 is 2.06 bits per heavy atom. The van der Waals surface area contributed by atoms with Gasteiger partial charge in [0.05, 0.1) is 21.6 Å². The molecule has 0 spiro atoms. The highest BCUT2D eigenvalue weighted by atomic mass is 35.5. The number of thiocarbonyl (C=S) groups is 1. The van der Waals surface area contributed by atoms with Gasteiger partial charge in [-0.2, -0.15) is 0 Å². The number of carbonyl (C=O) groups excluding carboxylic acids is 1. The molecule has 6 heteroatoms. The van der Waals surface area contributed by atoms with E-state index in [0.717, 1.165) is 0 Å². The molecule has 0 saturated carbocycles. The van der Waals surface area contributed by atoms with Crippen LogP contribution in [-0.2, 0) is 0 Å². The van der Waals surface area contributed by atoms with Crippen molar-refractivity contribution in [2.75, 3.05) is 7.05 Å². The molecule has 1 amide bonds. The van der Waals surface area contributed by atoms with E-state index in [1.165, 1.54) is 11.0 Å². The fourth-order valence-electron chi connectivity index (χ4n) is 1.22. The van der Waals surface area contributed by atoms with Crippen molar-refractivity contribution in [1.82, 2.24) is 4.90 Å². The average Bonchev–Trinajstić information content (AvgIpc) is 2.26. The predicted octanol–water partition coefficient (Wildman–Crippen LogP) is 2.74. The number of carbonyl (C=O) groups is 1. The van der Waals surface area contributed by atoms with Gasteiger partial charge in [0.2, 0.25) is 0 Å². The predicted molar refractivity (Wildman–Crippen MR) is 74.8 cm³/mol. The second kappa shape index (κ2) is 5.67. The van der Waals surface area contributed by atoms with E-state index in [1.807, 2.05) is 0 Å². The van der Waals surface area contributed by atoms with Crippen molar-refractivity contribution in [2.45, 2.75) is 13.0 Å². The summed E-state index contributed by atoms with van der Waals surface area (Å²) in [5, 5.41) is 0.793. The van der Waals surface area contributed by atoms with Gasteiger partial charge in [0, 0.05) is 12.1 Å². The Morgan fingerprint density at radius 3 is 2.53 bits per heavy atom. The molecule has 1 aromatic carbocycles. The molecule has 2 N–H and O–H groups in total. The maximum absolute atomic E-state index is 12.1. The summed E-state index contributed by atoms with van der Waals surface area (Å²) in [7, 11) is 1.62. The van der Waals surface area contributed by atoms with Crippen molar-refractivity contribution in [1.29, 1.82) is 0 Å². The summed E-state index contributed by atoms with van der Waals surface area (Å²) in [5.41, 5.74) is 5.87. The van der Waals surface area contributed by atoms with Gasteiger partial charge in [-0.25, -0.2) is 0 Å². The molecule has 1 atom stereocenters. The van der Waals surface area contributed by atoms with Crippen molar-refractivity contribution in [3.8, 4) is 0 Å². The van der Waals surface area contributed by atoms with E-state index < -0.39 is 0 Å². The molecule has 17 heavy (non-hydrogen) atoms. The Hall–Kier alpha value is -0.840. The molecule has 0 aliphatic carbocycles. The second-order valence-electron chi connectivity index (χ2n) is 3.62. The Balaban J connectivity index is 3.00. The van der Waals surface area contributed by atoms with Gasteiger partial charge in [-0.15, -0.1) is 0 Å². The molecule has 1 aromatic rings. The topological polar surface area (TPSA) is 46.3 Å². The Kier molecular flexibility index (Phi) is 4.74. The van der Waals surface area contributed by atoms with Gasteiger partial charge in [0.25, 0.3) is 5.91 Å². The van der Waals surface area contributed by atoms with Crippen LogP contribution in [0.2, 0.25) is 10.0 Å². The quantitative estimate of drug-likeness (QED) is 0.871. The van der Waals surface area contributed by atoms with E-state index in [1.54, 1.807) is 26.1 Å². The third-order valence-electron chi connectivity index (χ3n) is 2.47. The van der Waals surface area contributed by atoms with Crippen LogP contribution in [0.4, 0.5) is 0 Å². The second-order valence-corrected chi connectivity index (χ2v) is 4.93.